The van der Waals surface area contributed by atoms with Crippen molar-refractivity contribution in [2.45, 2.75) is 17.5 Å². The number of nitrogens with one attached hydrogen (secondary N) is 3. The number of carbonyl (C=O) groups excluding carboxylic acids is 2. The van der Waals surface area contributed by atoms with Crippen LogP contribution in [0.15, 0.2) is 82.3 Å². The van der Waals surface area contributed by atoms with E-state index in [0.29, 0.717) is 11.3 Å². The molecule has 0 aliphatic carbocycles. The number of sulfonamides is 1. The molecule has 1 heterocycles. The minimum atomic E-state index is -3.77. The number of hydrogen-bond donors (Lipinski definition) is 3. The fourth-order valence-electron chi connectivity index (χ4n) is 2.75. The van der Waals surface area contributed by atoms with Gasteiger partial charge in [0.05, 0.1) is 17.7 Å². The molecule has 0 saturated carbocycles. The van der Waals surface area contributed by atoms with E-state index >= 15 is 0 Å². The van der Waals surface area contributed by atoms with Gasteiger partial charge in [0.25, 0.3) is 5.91 Å². The van der Waals surface area contributed by atoms with Gasteiger partial charge in [-0.3, -0.25) is 9.59 Å². The van der Waals surface area contributed by atoms with Gasteiger partial charge in [0.1, 0.15) is 11.8 Å². The lowest BCUT2D eigenvalue weighted by molar-refractivity contribution is -0.122. The monoisotopic (exact) mass is 427 g/mol. The summed E-state index contributed by atoms with van der Waals surface area (Å²) in [5.41, 5.74) is 0.858. The van der Waals surface area contributed by atoms with Gasteiger partial charge < -0.3 is 15.1 Å². The fourth-order valence-corrected chi connectivity index (χ4v) is 3.75. The van der Waals surface area contributed by atoms with E-state index in [9.17, 15) is 18.0 Å². The molecule has 0 aliphatic heterocycles. The topological polar surface area (TPSA) is 118 Å². The Morgan fingerprint density at radius 3 is 2.27 bits per heavy atom. The molecule has 2 amide bonds. The van der Waals surface area contributed by atoms with Crippen molar-refractivity contribution in [2.24, 2.45) is 0 Å². The quantitative estimate of drug-likeness (QED) is 0.508. The van der Waals surface area contributed by atoms with E-state index in [1.54, 1.807) is 36.4 Å². The number of furan rings is 1. The van der Waals surface area contributed by atoms with Crippen molar-refractivity contribution in [3.63, 3.8) is 0 Å². The minimum absolute atomic E-state index is 0.0107. The number of carbonyl (C=O) groups is 2. The van der Waals surface area contributed by atoms with Gasteiger partial charge in [-0.25, -0.2) is 13.1 Å². The molecule has 1 atom stereocenters. The molecule has 8 nitrogen and oxygen atoms in total. The standard InChI is InChI=1S/C21H21N3O5S/c1-22-21(26)19(15-6-3-2-4-7-15)24-20(25)16-9-11-18(12-10-16)30(27,28)23-14-17-8-5-13-29-17/h2-13,19,23H,14H2,1H3,(H,22,26)(H,24,25). The van der Waals surface area contributed by atoms with Crippen LogP contribution in [0.1, 0.15) is 27.7 Å². The predicted molar refractivity (Wildman–Crippen MR) is 110 cm³/mol. The van der Waals surface area contributed by atoms with Crippen molar-refractivity contribution >= 4 is 21.8 Å². The van der Waals surface area contributed by atoms with Gasteiger partial charge >= 0.3 is 0 Å². The SMILES string of the molecule is CNC(=O)C(NC(=O)c1ccc(S(=O)(=O)NCc2ccco2)cc1)c1ccccc1. The van der Waals surface area contributed by atoms with Gasteiger partial charge in [-0.15, -0.1) is 0 Å². The highest BCUT2D eigenvalue weighted by atomic mass is 32.2. The Labute approximate surface area is 174 Å². The van der Waals surface area contributed by atoms with Crippen LogP contribution < -0.4 is 15.4 Å². The van der Waals surface area contributed by atoms with Crippen molar-refractivity contribution < 1.29 is 22.4 Å². The molecule has 2 aromatic carbocycles. The molecule has 0 saturated heterocycles. The smallest absolute Gasteiger partial charge is 0.252 e. The summed E-state index contributed by atoms with van der Waals surface area (Å²) in [6.45, 7) is 0.0163. The first-order chi connectivity index (χ1) is 14.4. The summed E-state index contributed by atoms with van der Waals surface area (Å²) in [5, 5.41) is 5.20. The summed E-state index contributed by atoms with van der Waals surface area (Å²) < 4.78 is 32.3. The molecule has 0 bridgehead atoms. The second-order valence-corrected chi connectivity index (χ2v) is 8.13. The van der Waals surface area contributed by atoms with Gasteiger partial charge in [-0.2, -0.15) is 0 Å². The van der Waals surface area contributed by atoms with E-state index in [4.69, 9.17) is 4.42 Å². The van der Waals surface area contributed by atoms with Gasteiger partial charge in [0.15, 0.2) is 0 Å². The summed E-state index contributed by atoms with van der Waals surface area (Å²) in [6.07, 6.45) is 1.46. The van der Waals surface area contributed by atoms with Crippen LogP contribution >= 0.6 is 0 Å². The lowest BCUT2D eigenvalue weighted by Gasteiger charge is -2.18. The average Bonchev–Trinajstić information content (AvgIpc) is 3.30. The van der Waals surface area contributed by atoms with Crippen LogP contribution in [0.2, 0.25) is 0 Å². The molecule has 156 valence electrons. The van der Waals surface area contributed by atoms with Crippen LogP contribution in [0.25, 0.3) is 0 Å². The average molecular weight is 427 g/mol. The summed E-state index contributed by atoms with van der Waals surface area (Å²) in [6, 6.07) is 16.7. The molecule has 1 unspecified atom stereocenters. The number of hydrogen-bond acceptors (Lipinski definition) is 5. The highest BCUT2D eigenvalue weighted by Crippen LogP contribution is 2.16. The van der Waals surface area contributed by atoms with Gasteiger partial charge in [-0.1, -0.05) is 30.3 Å². The zero-order valence-electron chi connectivity index (χ0n) is 16.2. The Kier molecular flexibility index (Phi) is 6.65. The van der Waals surface area contributed by atoms with E-state index in [2.05, 4.69) is 15.4 Å². The van der Waals surface area contributed by atoms with Crippen LogP contribution in [0.4, 0.5) is 0 Å². The first-order valence-electron chi connectivity index (χ1n) is 9.10. The summed E-state index contributed by atoms with van der Waals surface area (Å²) >= 11 is 0. The Hall–Kier alpha value is -3.43. The van der Waals surface area contributed by atoms with Gasteiger partial charge in [-0.05, 0) is 42.0 Å². The zero-order chi connectivity index (χ0) is 21.6. The Morgan fingerprint density at radius 1 is 0.967 bits per heavy atom. The fraction of sp³-hybridized carbons (Fsp3) is 0.143. The van der Waals surface area contributed by atoms with Crippen molar-refractivity contribution in [3.8, 4) is 0 Å². The predicted octanol–water partition coefficient (Wildman–Crippen LogP) is 1.98. The summed E-state index contributed by atoms with van der Waals surface area (Å²) in [5.74, 6) is -0.383. The van der Waals surface area contributed by atoms with Crippen LogP contribution in [0.5, 0.6) is 0 Å². The molecular weight excluding hydrogens is 406 g/mol. The molecule has 0 spiro atoms. The number of amides is 2. The highest BCUT2D eigenvalue weighted by molar-refractivity contribution is 7.89. The molecule has 1 aromatic heterocycles. The molecule has 0 aliphatic rings. The van der Waals surface area contributed by atoms with Crippen molar-refractivity contribution in [2.75, 3.05) is 7.05 Å². The third kappa shape index (κ3) is 5.13. The van der Waals surface area contributed by atoms with Gasteiger partial charge in [0, 0.05) is 12.6 Å². The maximum absolute atomic E-state index is 12.6. The summed E-state index contributed by atoms with van der Waals surface area (Å²) in [7, 11) is -2.28. The molecule has 3 aromatic rings. The number of likely N-dealkylation sites (N-methyl/N-ethyl adjacent to an activating group) is 1. The lowest BCUT2D eigenvalue weighted by atomic mass is 10.1. The van der Waals surface area contributed by atoms with E-state index < -0.39 is 22.0 Å². The molecule has 0 radical (unpaired) electrons. The second kappa shape index (κ2) is 9.38. The Bertz CT molecular complexity index is 1100. The second-order valence-electron chi connectivity index (χ2n) is 6.36. The minimum Gasteiger partial charge on any atom is -0.468 e. The largest absolute Gasteiger partial charge is 0.468 e. The third-order valence-electron chi connectivity index (χ3n) is 4.36. The van der Waals surface area contributed by atoms with E-state index in [1.165, 1.54) is 37.6 Å². The van der Waals surface area contributed by atoms with E-state index in [0.717, 1.165) is 0 Å². The Balaban J connectivity index is 1.71. The van der Waals surface area contributed by atoms with Crippen LogP contribution in [0.3, 0.4) is 0 Å². The summed E-state index contributed by atoms with van der Waals surface area (Å²) in [4.78, 5) is 24.8. The molecule has 9 heteroatoms. The maximum Gasteiger partial charge on any atom is 0.252 e. The van der Waals surface area contributed by atoms with E-state index in [-0.39, 0.29) is 22.9 Å². The number of rotatable bonds is 8. The highest BCUT2D eigenvalue weighted by Gasteiger charge is 2.22. The molecular formula is C21H21N3O5S. The first kappa shape index (κ1) is 21.3. The van der Waals surface area contributed by atoms with Crippen LogP contribution in [-0.2, 0) is 21.4 Å². The molecule has 3 N–H and O–H groups in total. The van der Waals surface area contributed by atoms with Crippen molar-refractivity contribution in [1.29, 1.82) is 0 Å². The molecule has 30 heavy (non-hydrogen) atoms. The lowest BCUT2D eigenvalue weighted by Crippen LogP contribution is -2.39. The van der Waals surface area contributed by atoms with Gasteiger partial charge in [0.2, 0.25) is 15.9 Å². The normalized spacial score (nSPS) is 12.2. The molecule has 0 fully saturated rings. The maximum atomic E-state index is 12.6. The van der Waals surface area contributed by atoms with Crippen LogP contribution in [0, 0.1) is 0 Å². The molecule has 3 rings (SSSR count). The van der Waals surface area contributed by atoms with Crippen molar-refractivity contribution in [3.05, 3.63) is 89.9 Å². The van der Waals surface area contributed by atoms with E-state index in [1.807, 2.05) is 6.07 Å². The van der Waals surface area contributed by atoms with Crippen LogP contribution in [-0.4, -0.2) is 27.3 Å². The number of benzene rings is 2. The third-order valence-corrected chi connectivity index (χ3v) is 5.78. The Morgan fingerprint density at radius 2 is 1.67 bits per heavy atom. The first-order valence-corrected chi connectivity index (χ1v) is 10.6. The zero-order valence-corrected chi connectivity index (χ0v) is 17.0. The van der Waals surface area contributed by atoms with Crippen molar-refractivity contribution in [1.82, 2.24) is 15.4 Å².